The molecule has 6 aliphatic rings. The monoisotopic (exact) mass is 704 g/mol. The van der Waals surface area contributed by atoms with E-state index >= 15 is 0 Å². The van der Waals surface area contributed by atoms with Gasteiger partial charge in [0, 0.05) is 52.9 Å². The average Bonchev–Trinajstić information content (AvgIpc) is 3.91. The SMILES string of the molecule is c1cc2c(s1)-c1sc(-c3cc4c(s3)-c3sc(-c5cc6c(s5)-c5sccc5C65OCCO5)cc3C43OCCO3)cc1C21OCCO1. The third-order valence-electron chi connectivity index (χ3n) is 9.57. The van der Waals surface area contributed by atoms with Crippen LogP contribution in [0.3, 0.4) is 0 Å². The first-order valence-corrected chi connectivity index (χ1v) is 19.8. The van der Waals surface area contributed by atoms with Gasteiger partial charge in [0.1, 0.15) is 0 Å². The Hall–Kier alpha value is -2.04. The molecule has 6 aromatic heterocycles. The summed E-state index contributed by atoms with van der Waals surface area (Å²) in [6, 6.07) is 13.5. The number of ether oxygens (including phenoxy) is 6. The van der Waals surface area contributed by atoms with Crippen LogP contribution < -0.4 is 0 Å². The number of hydrogen-bond acceptors (Lipinski definition) is 12. The quantitative estimate of drug-likeness (QED) is 0.179. The molecule has 3 spiro atoms. The van der Waals surface area contributed by atoms with Gasteiger partial charge in [-0.2, -0.15) is 0 Å². The minimum Gasteiger partial charge on any atom is -0.340 e. The molecule has 12 rings (SSSR count). The fourth-order valence-electron chi connectivity index (χ4n) is 7.80. The largest absolute Gasteiger partial charge is 0.340 e. The molecule has 0 saturated carbocycles. The number of thiophene rings is 6. The zero-order valence-corrected chi connectivity index (χ0v) is 28.2. The first-order valence-electron chi connectivity index (χ1n) is 14.8. The van der Waals surface area contributed by atoms with E-state index in [0.29, 0.717) is 39.6 Å². The van der Waals surface area contributed by atoms with Crippen molar-refractivity contribution < 1.29 is 28.4 Å². The Labute approximate surface area is 280 Å². The molecule has 3 aliphatic carbocycles. The van der Waals surface area contributed by atoms with Gasteiger partial charge in [-0.1, -0.05) is 0 Å². The predicted molar refractivity (Wildman–Crippen MR) is 179 cm³/mol. The molecule has 0 bridgehead atoms. The van der Waals surface area contributed by atoms with Crippen molar-refractivity contribution in [1.82, 2.24) is 0 Å². The van der Waals surface area contributed by atoms with Crippen LogP contribution in [0.1, 0.15) is 33.4 Å². The molecule has 3 saturated heterocycles. The van der Waals surface area contributed by atoms with Crippen molar-refractivity contribution in [1.29, 1.82) is 0 Å². The van der Waals surface area contributed by atoms with E-state index < -0.39 is 17.4 Å². The molecule has 0 radical (unpaired) electrons. The zero-order chi connectivity index (χ0) is 29.1. The molecule has 0 aromatic carbocycles. The maximum atomic E-state index is 6.52. The highest BCUT2D eigenvalue weighted by Crippen LogP contribution is 2.64. The van der Waals surface area contributed by atoms with Crippen molar-refractivity contribution in [3.63, 3.8) is 0 Å². The van der Waals surface area contributed by atoms with Gasteiger partial charge in [-0.15, -0.1) is 68.0 Å². The van der Waals surface area contributed by atoms with E-state index in [-0.39, 0.29) is 0 Å². The minimum absolute atomic E-state index is 0.576. The van der Waals surface area contributed by atoms with Crippen molar-refractivity contribution >= 4 is 68.0 Å². The van der Waals surface area contributed by atoms with Gasteiger partial charge in [0.25, 0.3) is 0 Å². The fourth-order valence-corrected chi connectivity index (χ4v) is 15.1. The first-order chi connectivity index (χ1) is 22.2. The van der Waals surface area contributed by atoms with Gasteiger partial charge in [-0.05, 0) is 47.2 Å². The lowest BCUT2D eigenvalue weighted by Gasteiger charge is -2.23. The van der Waals surface area contributed by atoms with Gasteiger partial charge in [-0.25, -0.2) is 0 Å². The van der Waals surface area contributed by atoms with Crippen LogP contribution in [0.4, 0.5) is 0 Å². The molecule has 45 heavy (non-hydrogen) atoms. The Kier molecular flexibility index (Phi) is 5.02. The summed E-state index contributed by atoms with van der Waals surface area (Å²) in [5.74, 6) is -2.37. The highest BCUT2D eigenvalue weighted by molar-refractivity contribution is 7.31. The average molecular weight is 705 g/mol. The molecule has 12 heteroatoms. The highest BCUT2D eigenvalue weighted by Gasteiger charge is 2.54. The lowest BCUT2D eigenvalue weighted by atomic mass is 10.0. The van der Waals surface area contributed by atoms with Crippen LogP contribution in [0.15, 0.2) is 47.2 Å². The van der Waals surface area contributed by atoms with Crippen LogP contribution in [0.2, 0.25) is 0 Å². The van der Waals surface area contributed by atoms with Crippen LogP contribution >= 0.6 is 68.0 Å². The van der Waals surface area contributed by atoms with Gasteiger partial charge in [0.2, 0.25) is 17.4 Å². The lowest BCUT2D eigenvalue weighted by Crippen LogP contribution is -2.25. The molecule has 3 fully saturated rings. The minimum atomic E-state index is -0.853. The fraction of sp³-hybridized carbons (Fsp3) is 0.273. The van der Waals surface area contributed by atoms with Gasteiger partial charge in [-0.3, -0.25) is 0 Å². The van der Waals surface area contributed by atoms with Crippen molar-refractivity contribution in [2.24, 2.45) is 0 Å². The van der Waals surface area contributed by atoms with Crippen LogP contribution in [-0.2, 0) is 45.8 Å². The summed E-state index contributed by atoms with van der Waals surface area (Å²) in [7, 11) is 0. The van der Waals surface area contributed by atoms with Crippen LogP contribution in [0.5, 0.6) is 0 Å². The maximum absolute atomic E-state index is 6.52. The Morgan fingerprint density at radius 3 is 1.00 bits per heavy atom. The third-order valence-corrected chi connectivity index (χ3v) is 16.8. The molecule has 0 unspecified atom stereocenters. The summed E-state index contributed by atoms with van der Waals surface area (Å²) in [5.41, 5.74) is 6.85. The van der Waals surface area contributed by atoms with E-state index in [9.17, 15) is 0 Å². The Morgan fingerprint density at radius 2 is 0.667 bits per heavy atom. The van der Waals surface area contributed by atoms with Crippen LogP contribution in [0, 0.1) is 0 Å². The molecule has 0 atom stereocenters. The van der Waals surface area contributed by atoms with Crippen LogP contribution in [-0.4, -0.2) is 39.6 Å². The number of rotatable bonds is 2. The second-order valence-corrected chi connectivity index (χ2v) is 17.7. The zero-order valence-electron chi connectivity index (χ0n) is 23.3. The van der Waals surface area contributed by atoms with Gasteiger partial charge in [0.15, 0.2) is 0 Å². The number of hydrogen-bond donors (Lipinski definition) is 0. The van der Waals surface area contributed by atoms with Crippen molar-refractivity contribution in [2.75, 3.05) is 39.6 Å². The summed E-state index contributed by atoms with van der Waals surface area (Å²) in [6.45, 7) is 3.58. The van der Waals surface area contributed by atoms with Gasteiger partial charge in [0.05, 0.1) is 68.9 Å². The summed E-state index contributed by atoms with van der Waals surface area (Å²) < 4.78 is 38.2. The highest BCUT2D eigenvalue weighted by atomic mass is 32.1. The molecule has 9 heterocycles. The van der Waals surface area contributed by atoms with E-state index in [1.807, 2.05) is 45.3 Å². The van der Waals surface area contributed by atoms with Crippen molar-refractivity contribution in [2.45, 2.75) is 17.4 Å². The normalized spacial score (nSPS) is 21.7. The summed E-state index contributed by atoms with van der Waals surface area (Å²) in [5, 5.41) is 4.28. The van der Waals surface area contributed by atoms with E-state index in [4.69, 9.17) is 28.4 Å². The lowest BCUT2D eigenvalue weighted by molar-refractivity contribution is -0.126. The second kappa shape index (κ2) is 8.70. The van der Waals surface area contributed by atoms with Crippen molar-refractivity contribution in [3.8, 4) is 48.8 Å². The molecule has 6 nitrogen and oxygen atoms in total. The van der Waals surface area contributed by atoms with Crippen molar-refractivity contribution in [3.05, 3.63) is 80.5 Å². The topological polar surface area (TPSA) is 55.4 Å². The third kappa shape index (κ3) is 3.02. The Bertz CT molecular complexity index is 2070. The van der Waals surface area contributed by atoms with Gasteiger partial charge < -0.3 is 28.4 Å². The predicted octanol–water partition coefficient (Wildman–Crippen LogP) is 9.07. The molecular weight excluding hydrogens is 685 g/mol. The summed E-state index contributed by atoms with van der Waals surface area (Å²) in [4.78, 5) is 12.5. The Balaban J connectivity index is 0.984. The Morgan fingerprint density at radius 1 is 0.378 bits per heavy atom. The van der Waals surface area contributed by atoms with E-state index in [1.165, 1.54) is 48.8 Å². The molecule has 0 amide bonds. The molecular formula is C33H20O6S6. The molecule has 224 valence electrons. The van der Waals surface area contributed by atoms with E-state index in [2.05, 4.69) is 47.2 Å². The second-order valence-electron chi connectivity index (χ2n) is 11.7. The summed E-state index contributed by atoms with van der Waals surface area (Å²) >= 11 is 10.9. The summed E-state index contributed by atoms with van der Waals surface area (Å²) in [6.07, 6.45) is 0. The maximum Gasteiger partial charge on any atom is 0.225 e. The molecule has 0 N–H and O–H groups in total. The number of fused-ring (bicyclic) bond motifs is 15. The van der Waals surface area contributed by atoms with E-state index in [1.54, 1.807) is 22.7 Å². The standard InChI is InChI=1S/C33H20O6S6/c1-9-40-25-15(1)31(34-3-4-35-31)17-11-21(42-27(17)25)23-13-19-29(44-23)30-20(33(19)38-7-8-39-33)14-24(45-30)22-12-18-28(43-22)26-16(2-10-41-26)32(18)36-5-6-37-32/h1-2,9-14H,3-8H2. The molecule has 6 aromatic rings. The van der Waals surface area contributed by atoms with Crippen LogP contribution in [0.25, 0.3) is 48.8 Å². The molecule has 3 aliphatic heterocycles. The first kappa shape index (κ1) is 26.0. The van der Waals surface area contributed by atoms with Gasteiger partial charge >= 0.3 is 0 Å². The smallest absolute Gasteiger partial charge is 0.225 e. The van der Waals surface area contributed by atoms with E-state index in [0.717, 1.165) is 33.4 Å².